The van der Waals surface area contributed by atoms with E-state index in [4.69, 9.17) is 4.74 Å². The predicted molar refractivity (Wildman–Crippen MR) is 119 cm³/mol. The van der Waals surface area contributed by atoms with Gasteiger partial charge in [0.15, 0.2) is 0 Å². The SMILES string of the molecule is CC(C)Oc1ccc(C(=O)Nc2cccc(C(=O)Nc3ccccc3)c2)cc1Br. The highest BCUT2D eigenvalue weighted by Crippen LogP contribution is 2.27. The zero-order valence-corrected chi connectivity index (χ0v) is 17.7. The predicted octanol–water partition coefficient (Wildman–Crippen LogP) is 5.74. The van der Waals surface area contributed by atoms with Crippen molar-refractivity contribution in [3.05, 3.63) is 88.4 Å². The molecule has 0 unspecified atom stereocenters. The molecule has 0 saturated heterocycles. The molecule has 2 amide bonds. The molecular weight excluding hydrogens is 432 g/mol. The van der Waals surface area contributed by atoms with Crippen LogP contribution < -0.4 is 15.4 Å². The summed E-state index contributed by atoms with van der Waals surface area (Å²) in [5, 5.41) is 5.65. The second-order valence-electron chi connectivity index (χ2n) is 6.67. The molecule has 29 heavy (non-hydrogen) atoms. The van der Waals surface area contributed by atoms with Crippen molar-refractivity contribution in [3.8, 4) is 5.75 Å². The summed E-state index contributed by atoms with van der Waals surface area (Å²) in [6.45, 7) is 3.88. The van der Waals surface area contributed by atoms with Crippen LogP contribution in [0, 0.1) is 0 Å². The van der Waals surface area contributed by atoms with E-state index >= 15 is 0 Å². The highest BCUT2D eigenvalue weighted by molar-refractivity contribution is 9.10. The standard InChI is InChI=1S/C23H21BrN2O3/c1-15(2)29-21-12-11-17(14-20(21)24)23(28)26-19-10-6-7-16(13-19)22(27)25-18-8-4-3-5-9-18/h3-15H,1-2H3,(H,25,27)(H,26,28). The van der Waals surface area contributed by atoms with Gasteiger partial charge in [-0.25, -0.2) is 0 Å². The third-order valence-corrected chi connectivity index (χ3v) is 4.59. The van der Waals surface area contributed by atoms with Gasteiger partial charge in [0.1, 0.15) is 5.75 Å². The number of anilines is 2. The number of carbonyl (C=O) groups is 2. The molecule has 0 saturated carbocycles. The Bertz CT molecular complexity index is 1020. The highest BCUT2D eigenvalue weighted by atomic mass is 79.9. The molecule has 2 N–H and O–H groups in total. The number of ether oxygens (including phenoxy) is 1. The van der Waals surface area contributed by atoms with Gasteiger partial charge in [0.05, 0.1) is 10.6 Å². The molecule has 0 aliphatic rings. The number of nitrogens with one attached hydrogen (secondary N) is 2. The van der Waals surface area contributed by atoms with Gasteiger partial charge in [-0.2, -0.15) is 0 Å². The first-order chi connectivity index (χ1) is 13.9. The van der Waals surface area contributed by atoms with Crippen molar-refractivity contribution in [2.45, 2.75) is 20.0 Å². The lowest BCUT2D eigenvalue weighted by molar-refractivity contribution is 0.101. The lowest BCUT2D eigenvalue weighted by Gasteiger charge is -2.13. The Labute approximate surface area is 178 Å². The maximum Gasteiger partial charge on any atom is 0.255 e. The average molecular weight is 453 g/mol. The monoisotopic (exact) mass is 452 g/mol. The molecule has 148 valence electrons. The van der Waals surface area contributed by atoms with Crippen molar-refractivity contribution in [2.75, 3.05) is 10.6 Å². The van der Waals surface area contributed by atoms with Crippen LogP contribution in [0.25, 0.3) is 0 Å². The third-order valence-electron chi connectivity index (χ3n) is 3.97. The summed E-state index contributed by atoms with van der Waals surface area (Å²) in [6, 6.07) is 21.2. The molecule has 0 fully saturated rings. The maximum atomic E-state index is 12.6. The van der Waals surface area contributed by atoms with Crippen molar-refractivity contribution in [2.24, 2.45) is 0 Å². The molecule has 3 aromatic carbocycles. The minimum atomic E-state index is -0.276. The lowest BCUT2D eigenvalue weighted by Crippen LogP contribution is -2.15. The molecule has 0 aromatic heterocycles. The van der Waals surface area contributed by atoms with Crippen molar-refractivity contribution in [3.63, 3.8) is 0 Å². The van der Waals surface area contributed by atoms with Crippen LogP contribution in [-0.2, 0) is 0 Å². The molecule has 3 rings (SSSR count). The first-order valence-electron chi connectivity index (χ1n) is 9.16. The van der Waals surface area contributed by atoms with Gasteiger partial charge in [-0.1, -0.05) is 24.3 Å². The summed E-state index contributed by atoms with van der Waals surface area (Å²) in [7, 11) is 0. The van der Waals surface area contributed by atoms with Crippen molar-refractivity contribution >= 4 is 39.1 Å². The number of rotatable bonds is 6. The van der Waals surface area contributed by atoms with Crippen LogP contribution in [0.1, 0.15) is 34.6 Å². The van der Waals surface area contributed by atoms with E-state index in [-0.39, 0.29) is 17.9 Å². The number of benzene rings is 3. The van der Waals surface area contributed by atoms with Gasteiger partial charge < -0.3 is 15.4 Å². The van der Waals surface area contributed by atoms with Gasteiger partial charge in [0, 0.05) is 22.5 Å². The fourth-order valence-corrected chi connectivity index (χ4v) is 3.13. The summed E-state index contributed by atoms with van der Waals surface area (Å²) in [5.74, 6) is 0.156. The van der Waals surface area contributed by atoms with Crippen LogP contribution in [0.3, 0.4) is 0 Å². The minimum absolute atomic E-state index is 0.0377. The number of para-hydroxylation sites is 1. The smallest absolute Gasteiger partial charge is 0.255 e. The Kier molecular flexibility index (Phi) is 6.67. The molecule has 0 bridgehead atoms. The molecule has 6 heteroatoms. The number of halogens is 1. The summed E-state index contributed by atoms with van der Waals surface area (Å²) in [5.41, 5.74) is 2.18. The van der Waals surface area contributed by atoms with E-state index in [1.807, 2.05) is 44.2 Å². The van der Waals surface area contributed by atoms with Crippen LogP contribution in [-0.4, -0.2) is 17.9 Å². The van der Waals surface area contributed by atoms with E-state index < -0.39 is 0 Å². The molecule has 0 aliphatic heterocycles. The average Bonchev–Trinajstić information content (AvgIpc) is 2.70. The molecule has 0 atom stereocenters. The molecule has 0 radical (unpaired) electrons. The zero-order chi connectivity index (χ0) is 20.8. The number of hydrogen-bond donors (Lipinski definition) is 2. The summed E-state index contributed by atoms with van der Waals surface area (Å²) < 4.78 is 6.37. The van der Waals surface area contributed by atoms with E-state index in [0.29, 0.717) is 32.7 Å². The molecule has 0 aliphatic carbocycles. The second-order valence-corrected chi connectivity index (χ2v) is 7.52. The van der Waals surface area contributed by atoms with Gasteiger partial charge in [0.25, 0.3) is 11.8 Å². The fourth-order valence-electron chi connectivity index (χ4n) is 2.66. The topological polar surface area (TPSA) is 67.4 Å². The first kappa shape index (κ1) is 20.6. The van der Waals surface area contributed by atoms with E-state index in [1.165, 1.54) is 0 Å². The van der Waals surface area contributed by atoms with Gasteiger partial charge in [-0.15, -0.1) is 0 Å². The van der Waals surface area contributed by atoms with Gasteiger partial charge in [-0.05, 0) is 78.3 Å². The molecule has 3 aromatic rings. The van der Waals surface area contributed by atoms with Crippen molar-refractivity contribution in [1.82, 2.24) is 0 Å². The number of hydrogen-bond acceptors (Lipinski definition) is 3. The third kappa shape index (κ3) is 5.68. The molecule has 5 nitrogen and oxygen atoms in total. The molecule has 0 heterocycles. The van der Waals surface area contributed by atoms with Crippen LogP contribution >= 0.6 is 15.9 Å². The minimum Gasteiger partial charge on any atom is -0.490 e. The maximum absolute atomic E-state index is 12.6. The van der Waals surface area contributed by atoms with Gasteiger partial charge in [0.2, 0.25) is 0 Å². The quantitative estimate of drug-likeness (QED) is 0.500. The Morgan fingerprint density at radius 3 is 2.07 bits per heavy atom. The Morgan fingerprint density at radius 1 is 0.793 bits per heavy atom. The Hall–Kier alpha value is -3.12. The largest absolute Gasteiger partial charge is 0.490 e. The van der Waals surface area contributed by atoms with Crippen LogP contribution in [0.5, 0.6) is 5.75 Å². The fraction of sp³-hybridized carbons (Fsp3) is 0.130. The van der Waals surface area contributed by atoms with Crippen LogP contribution in [0.15, 0.2) is 77.3 Å². The first-order valence-corrected chi connectivity index (χ1v) is 9.95. The van der Waals surface area contributed by atoms with Crippen molar-refractivity contribution in [1.29, 1.82) is 0 Å². The highest BCUT2D eigenvalue weighted by Gasteiger charge is 2.12. The lowest BCUT2D eigenvalue weighted by atomic mass is 10.1. The normalized spacial score (nSPS) is 10.5. The van der Waals surface area contributed by atoms with Gasteiger partial charge >= 0.3 is 0 Å². The Morgan fingerprint density at radius 2 is 1.41 bits per heavy atom. The van der Waals surface area contributed by atoms with Crippen LogP contribution in [0.2, 0.25) is 0 Å². The summed E-state index contributed by atoms with van der Waals surface area (Å²) >= 11 is 3.43. The van der Waals surface area contributed by atoms with Crippen LogP contribution in [0.4, 0.5) is 11.4 Å². The molecular formula is C23H21BrN2O3. The van der Waals surface area contributed by atoms with Crippen molar-refractivity contribution < 1.29 is 14.3 Å². The summed E-state index contributed by atoms with van der Waals surface area (Å²) in [6.07, 6.45) is 0.0377. The molecule has 0 spiro atoms. The van der Waals surface area contributed by atoms with E-state index in [1.54, 1.807) is 42.5 Å². The van der Waals surface area contributed by atoms with Gasteiger partial charge in [-0.3, -0.25) is 9.59 Å². The number of carbonyl (C=O) groups excluding carboxylic acids is 2. The van der Waals surface area contributed by atoms with E-state index in [0.717, 1.165) is 0 Å². The second kappa shape index (κ2) is 9.39. The summed E-state index contributed by atoms with van der Waals surface area (Å²) in [4.78, 5) is 25.0. The number of amides is 2. The Balaban J connectivity index is 1.70. The van der Waals surface area contributed by atoms with E-state index in [2.05, 4.69) is 26.6 Å². The van der Waals surface area contributed by atoms with E-state index in [9.17, 15) is 9.59 Å². The zero-order valence-electron chi connectivity index (χ0n) is 16.1.